The summed E-state index contributed by atoms with van der Waals surface area (Å²) in [5.41, 5.74) is -0.382. The second-order valence-electron chi connectivity index (χ2n) is 5.86. The van der Waals surface area contributed by atoms with Crippen molar-refractivity contribution < 1.29 is 14.3 Å². The molecule has 0 heterocycles. The Morgan fingerprint density at radius 2 is 1.84 bits per heavy atom. The molecule has 114 valence electrons. The Hall–Kier alpha value is -0.570. The first-order chi connectivity index (χ1) is 8.97. The minimum absolute atomic E-state index is 0.128. The summed E-state index contributed by atoms with van der Waals surface area (Å²) in [6.07, 6.45) is 5.68. The lowest BCUT2D eigenvalue weighted by Gasteiger charge is -2.20. The molecule has 19 heavy (non-hydrogen) atoms. The van der Waals surface area contributed by atoms with E-state index >= 15 is 0 Å². The smallest absolute Gasteiger partial charge is 0.311 e. The van der Waals surface area contributed by atoms with Gasteiger partial charge in [-0.05, 0) is 32.6 Å². The molecule has 0 spiro atoms. The van der Waals surface area contributed by atoms with E-state index in [1.54, 1.807) is 0 Å². The molecule has 0 radical (unpaired) electrons. The first-order valence-corrected chi connectivity index (χ1v) is 7.72. The van der Waals surface area contributed by atoms with Crippen LogP contribution >= 0.6 is 0 Å². The minimum Gasteiger partial charge on any atom is -0.463 e. The van der Waals surface area contributed by atoms with Gasteiger partial charge in [0.25, 0.3) is 0 Å². The summed E-state index contributed by atoms with van der Waals surface area (Å²) in [7, 11) is 0. The predicted molar refractivity (Wildman–Crippen MR) is 79.2 cm³/mol. The van der Waals surface area contributed by atoms with Gasteiger partial charge in [0.2, 0.25) is 0 Å². The summed E-state index contributed by atoms with van der Waals surface area (Å²) in [5.74, 6) is 0.513. The summed E-state index contributed by atoms with van der Waals surface area (Å²) in [5, 5.41) is 0. The zero-order valence-corrected chi connectivity index (χ0v) is 13.5. The zero-order valence-electron chi connectivity index (χ0n) is 13.5. The van der Waals surface area contributed by atoms with E-state index in [1.165, 1.54) is 19.3 Å². The average molecular weight is 272 g/mol. The van der Waals surface area contributed by atoms with Crippen LogP contribution in [-0.2, 0) is 14.3 Å². The van der Waals surface area contributed by atoms with Crippen LogP contribution in [0.4, 0.5) is 0 Å². The molecule has 0 aromatic carbocycles. The Labute approximate surface area is 119 Å². The van der Waals surface area contributed by atoms with Crippen molar-refractivity contribution in [1.82, 2.24) is 0 Å². The van der Waals surface area contributed by atoms with Gasteiger partial charge in [-0.1, -0.05) is 40.0 Å². The lowest BCUT2D eigenvalue weighted by atomic mass is 9.91. The van der Waals surface area contributed by atoms with Gasteiger partial charge in [0.05, 0.1) is 12.0 Å². The van der Waals surface area contributed by atoms with Gasteiger partial charge >= 0.3 is 5.97 Å². The molecular formula is C16H32O3. The van der Waals surface area contributed by atoms with Crippen LogP contribution in [-0.4, -0.2) is 25.8 Å². The first kappa shape index (κ1) is 18.4. The highest BCUT2D eigenvalue weighted by atomic mass is 16.6. The average Bonchev–Trinajstić information content (AvgIpc) is 2.41. The molecule has 0 aliphatic rings. The van der Waals surface area contributed by atoms with Gasteiger partial charge in [0.1, 0.15) is 6.61 Å². The fourth-order valence-corrected chi connectivity index (χ4v) is 1.68. The van der Waals surface area contributed by atoms with Gasteiger partial charge in [-0.15, -0.1) is 0 Å². The molecule has 0 rings (SSSR count). The summed E-state index contributed by atoms with van der Waals surface area (Å²) in [6, 6.07) is 0. The fraction of sp³-hybridized carbons (Fsp3) is 0.938. The molecule has 3 heteroatoms. The van der Waals surface area contributed by atoms with Crippen LogP contribution in [0.1, 0.15) is 66.7 Å². The van der Waals surface area contributed by atoms with Crippen LogP contribution in [0, 0.1) is 11.3 Å². The second-order valence-corrected chi connectivity index (χ2v) is 5.86. The third-order valence-electron chi connectivity index (χ3n) is 3.79. The zero-order chi connectivity index (χ0) is 14.7. The number of hydrogen-bond acceptors (Lipinski definition) is 3. The lowest BCUT2D eigenvalue weighted by molar-refractivity contribution is -0.155. The molecule has 0 aliphatic carbocycles. The summed E-state index contributed by atoms with van der Waals surface area (Å²) >= 11 is 0. The van der Waals surface area contributed by atoms with Crippen LogP contribution in [0.25, 0.3) is 0 Å². The summed E-state index contributed by atoms with van der Waals surface area (Å²) < 4.78 is 10.8. The van der Waals surface area contributed by atoms with E-state index < -0.39 is 0 Å². The Bertz CT molecular complexity index is 236. The van der Waals surface area contributed by atoms with Crippen LogP contribution in [0.15, 0.2) is 0 Å². The quantitative estimate of drug-likeness (QED) is 0.418. The number of unbranched alkanes of at least 4 members (excludes halogenated alkanes) is 1. The van der Waals surface area contributed by atoms with E-state index in [4.69, 9.17) is 9.47 Å². The molecule has 0 bridgehead atoms. The normalized spacial score (nSPS) is 13.3. The van der Waals surface area contributed by atoms with Crippen molar-refractivity contribution in [2.75, 3.05) is 19.8 Å². The third kappa shape index (κ3) is 8.25. The van der Waals surface area contributed by atoms with Crippen LogP contribution in [0.2, 0.25) is 0 Å². The van der Waals surface area contributed by atoms with Gasteiger partial charge in [-0.2, -0.15) is 0 Å². The van der Waals surface area contributed by atoms with Gasteiger partial charge in [-0.25, -0.2) is 0 Å². The van der Waals surface area contributed by atoms with E-state index in [2.05, 4.69) is 13.8 Å². The van der Waals surface area contributed by atoms with Crippen molar-refractivity contribution in [3.8, 4) is 0 Å². The SMILES string of the molecule is CCCCC(CC)COCCOC(=O)C(C)(C)CC. The Morgan fingerprint density at radius 3 is 2.37 bits per heavy atom. The van der Waals surface area contributed by atoms with Crippen molar-refractivity contribution >= 4 is 5.97 Å². The molecule has 0 fully saturated rings. The van der Waals surface area contributed by atoms with E-state index in [0.717, 1.165) is 19.4 Å². The van der Waals surface area contributed by atoms with Crippen LogP contribution in [0.5, 0.6) is 0 Å². The minimum atomic E-state index is -0.382. The molecule has 0 aromatic rings. The second kappa shape index (κ2) is 10.2. The lowest BCUT2D eigenvalue weighted by Crippen LogP contribution is -2.27. The molecule has 0 saturated heterocycles. The highest BCUT2D eigenvalue weighted by Gasteiger charge is 2.26. The van der Waals surface area contributed by atoms with E-state index in [1.807, 2.05) is 20.8 Å². The summed E-state index contributed by atoms with van der Waals surface area (Å²) in [6.45, 7) is 11.9. The van der Waals surface area contributed by atoms with Crippen molar-refractivity contribution in [1.29, 1.82) is 0 Å². The third-order valence-corrected chi connectivity index (χ3v) is 3.79. The standard InChI is InChI=1S/C16H32O3/c1-6-9-10-14(7-2)13-18-11-12-19-15(17)16(4,5)8-3/h14H,6-13H2,1-5H3. The number of rotatable bonds is 11. The fourth-order valence-electron chi connectivity index (χ4n) is 1.68. The van der Waals surface area contributed by atoms with Crippen molar-refractivity contribution in [2.45, 2.75) is 66.7 Å². The van der Waals surface area contributed by atoms with E-state index in [0.29, 0.717) is 19.1 Å². The number of ether oxygens (including phenoxy) is 2. The molecule has 0 amide bonds. The Balaban J connectivity index is 3.66. The van der Waals surface area contributed by atoms with E-state index in [-0.39, 0.29) is 11.4 Å². The molecule has 0 aliphatic heterocycles. The van der Waals surface area contributed by atoms with Crippen LogP contribution < -0.4 is 0 Å². The number of carbonyl (C=O) groups is 1. The first-order valence-electron chi connectivity index (χ1n) is 7.72. The Morgan fingerprint density at radius 1 is 1.16 bits per heavy atom. The molecule has 1 unspecified atom stereocenters. The van der Waals surface area contributed by atoms with E-state index in [9.17, 15) is 4.79 Å². The van der Waals surface area contributed by atoms with Crippen LogP contribution in [0.3, 0.4) is 0 Å². The van der Waals surface area contributed by atoms with Gasteiger partial charge < -0.3 is 9.47 Å². The highest BCUT2D eigenvalue weighted by molar-refractivity contribution is 5.75. The highest BCUT2D eigenvalue weighted by Crippen LogP contribution is 2.21. The summed E-state index contributed by atoms with van der Waals surface area (Å²) in [4.78, 5) is 11.7. The predicted octanol–water partition coefficient (Wildman–Crippen LogP) is 4.20. The monoisotopic (exact) mass is 272 g/mol. The van der Waals surface area contributed by atoms with Gasteiger partial charge in [0, 0.05) is 6.61 Å². The Kier molecular flexibility index (Phi) is 9.94. The number of carbonyl (C=O) groups excluding carboxylic acids is 1. The topological polar surface area (TPSA) is 35.5 Å². The van der Waals surface area contributed by atoms with Gasteiger partial charge in [0.15, 0.2) is 0 Å². The molecule has 0 N–H and O–H groups in total. The molecule has 1 atom stereocenters. The van der Waals surface area contributed by atoms with Gasteiger partial charge in [-0.3, -0.25) is 4.79 Å². The van der Waals surface area contributed by atoms with Crippen molar-refractivity contribution in [2.24, 2.45) is 11.3 Å². The largest absolute Gasteiger partial charge is 0.463 e. The maximum Gasteiger partial charge on any atom is 0.311 e. The molecular weight excluding hydrogens is 240 g/mol. The van der Waals surface area contributed by atoms with Crippen molar-refractivity contribution in [3.63, 3.8) is 0 Å². The van der Waals surface area contributed by atoms with Crippen molar-refractivity contribution in [3.05, 3.63) is 0 Å². The number of esters is 1. The maximum atomic E-state index is 11.7. The number of hydrogen-bond donors (Lipinski definition) is 0. The molecule has 0 aromatic heterocycles. The molecule has 0 saturated carbocycles. The molecule has 3 nitrogen and oxygen atoms in total. The maximum absolute atomic E-state index is 11.7.